The molecule has 1 fully saturated rings. The predicted octanol–water partition coefficient (Wildman–Crippen LogP) is 2.55. The van der Waals surface area contributed by atoms with Crippen LogP contribution in [0, 0.1) is 19.8 Å². The van der Waals surface area contributed by atoms with E-state index in [-0.39, 0.29) is 0 Å². The minimum absolute atomic E-state index is 0.595. The van der Waals surface area contributed by atoms with Crippen molar-refractivity contribution in [3.63, 3.8) is 0 Å². The summed E-state index contributed by atoms with van der Waals surface area (Å²) in [4.78, 5) is 4.41. The van der Waals surface area contributed by atoms with Gasteiger partial charge < -0.3 is 11.1 Å². The van der Waals surface area contributed by atoms with E-state index in [2.05, 4.69) is 42.4 Å². The van der Waals surface area contributed by atoms with Crippen LogP contribution >= 0.6 is 0 Å². The molecule has 0 saturated heterocycles. The molecule has 0 heterocycles. The van der Waals surface area contributed by atoms with E-state index in [1.807, 2.05) is 0 Å². The van der Waals surface area contributed by atoms with Gasteiger partial charge in [0, 0.05) is 13.1 Å². The molecule has 1 saturated carbocycles. The summed E-state index contributed by atoms with van der Waals surface area (Å²) in [7, 11) is 0. The monoisotopic (exact) mass is 259 g/mol. The SMILES string of the molecule is Cc1cccc(C)c1CCNC(N)=NCC1CCC1. The van der Waals surface area contributed by atoms with Gasteiger partial charge in [0.25, 0.3) is 0 Å². The molecule has 0 amide bonds. The third-order valence-corrected chi connectivity index (χ3v) is 4.07. The fraction of sp³-hybridized carbons (Fsp3) is 0.562. The molecule has 0 radical (unpaired) electrons. The Morgan fingerprint density at radius 3 is 2.58 bits per heavy atom. The molecule has 3 nitrogen and oxygen atoms in total. The summed E-state index contributed by atoms with van der Waals surface area (Å²) in [6.07, 6.45) is 5.00. The van der Waals surface area contributed by atoms with Gasteiger partial charge in [-0.15, -0.1) is 0 Å². The Morgan fingerprint density at radius 1 is 1.32 bits per heavy atom. The van der Waals surface area contributed by atoms with Gasteiger partial charge in [0.05, 0.1) is 0 Å². The maximum Gasteiger partial charge on any atom is 0.188 e. The number of rotatable bonds is 5. The Kier molecular flexibility index (Phi) is 4.83. The molecule has 3 N–H and O–H groups in total. The van der Waals surface area contributed by atoms with Crippen LogP contribution in [0.2, 0.25) is 0 Å². The number of aliphatic imine (C=N–C) groups is 1. The van der Waals surface area contributed by atoms with Crippen molar-refractivity contribution in [3.05, 3.63) is 34.9 Å². The standard InChI is InChI=1S/C16H25N3/c1-12-5-3-6-13(2)15(12)9-10-18-16(17)19-11-14-7-4-8-14/h3,5-6,14H,4,7-11H2,1-2H3,(H3,17,18,19). The average Bonchev–Trinajstić information content (AvgIpc) is 2.31. The molecular formula is C16H25N3. The molecule has 2 rings (SSSR count). The Hall–Kier alpha value is -1.51. The molecule has 0 atom stereocenters. The number of aryl methyl sites for hydroxylation is 2. The molecule has 104 valence electrons. The molecule has 0 bridgehead atoms. The number of nitrogens with one attached hydrogen (secondary N) is 1. The summed E-state index contributed by atoms with van der Waals surface area (Å²) in [6, 6.07) is 6.43. The zero-order valence-corrected chi connectivity index (χ0v) is 12.1. The highest BCUT2D eigenvalue weighted by Crippen LogP contribution is 2.26. The maximum atomic E-state index is 5.88. The minimum Gasteiger partial charge on any atom is -0.370 e. The zero-order valence-electron chi connectivity index (χ0n) is 12.1. The first-order chi connectivity index (χ1) is 9.16. The van der Waals surface area contributed by atoms with Crippen molar-refractivity contribution in [1.82, 2.24) is 5.32 Å². The van der Waals surface area contributed by atoms with E-state index in [0.29, 0.717) is 5.96 Å². The molecule has 1 aromatic rings. The molecular weight excluding hydrogens is 234 g/mol. The second-order valence-electron chi connectivity index (χ2n) is 5.57. The van der Waals surface area contributed by atoms with Crippen molar-refractivity contribution in [3.8, 4) is 0 Å². The number of benzene rings is 1. The molecule has 19 heavy (non-hydrogen) atoms. The van der Waals surface area contributed by atoms with E-state index in [0.717, 1.165) is 25.4 Å². The largest absolute Gasteiger partial charge is 0.370 e. The molecule has 0 spiro atoms. The van der Waals surface area contributed by atoms with Gasteiger partial charge in [0.15, 0.2) is 5.96 Å². The minimum atomic E-state index is 0.595. The van der Waals surface area contributed by atoms with Crippen LogP contribution in [0.3, 0.4) is 0 Å². The number of hydrogen-bond donors (Lipinski definition) is 2. The average molecular weight is 259 g/mol. The lowest BCUT2D eigenvalue weighted by Crippen LogP contribution is -2.34. The smallest absolute Gasteiger partial charge is 0.188 e. The highest BCUT2D eigenvalue weighted by atomic mass is 15.1. The summed E-state index contributed by atoms with van der Waals surface area (Å²) in [5.41, 5.74) is 10.0. The number of nitrogens with two attached hydrogens (primary N) is 1. The summed E-state index contributed by atoms with van der Waals surface area (Å²) < 4.78 is 0. The fourth-order valence-corrected chi connectivity index (χ4v) is 2.52. The van der Waals surface area contributed by atoms with Gasteiger partial charge in [-0.25, -0.2) is 0 Å². The number of nitrogens with zero attached hydrogens (tertiary/aromatic N) is 1. The van der Waals surface area contributed by atoms with E-state index < -0.39 is 0 Å². The Balaban J connectivity index is 1.76. The molecule has 0 aliphatic heterocycles. The molecule has 0 unspecified atom stereocenters. The lowest BCUT2D eigenvalue weighted by Gasteiger charge is -2.23. The van der Waals surface area contributed by atoms with Crippen LogP contribution in [0.5, 0.6) is 0 Å². The van der Waals surface area contributed by atoms with Crippen LogP contribution in [0.25, 0.3) is 0 Å². The van der Waals surface area contributed by atoms with Crippen molar-refractivity contribution in [1.29, 1.82) is 0 Å². The van der Waals surface area contributed by atoms with Crippen LogP contribution in [0.15, 0.2) is 23.2 Å². The van der Waals surface area contributed by atoms with Crippen LogP contribution in [0.1, 0.15) is 36.0 Å². The topological polar surface area (TPSA) is 50.4 Å². The van der Waals surface area contributed by atoms with Gasteiger partial charge in [-0.05, 0) is 55.7 Å². The van der Waals surface area contributed by atoms with Gasteiger partial charge >= 0.3 is 0 Å². The quantitative estimate of drug-likeness (QED) is 0.630. The summed E-state index contributed by atoms with van der Waals surface area (Å²) in [5, 5.41) is 3.22. The predicted molar refractivity (Wildman–Crippen MR) is 81.5 cm³/mol. The van der Waals surface area contributed by atoms with Crippen molar-refractivity contribution in [2.45, 2.75) is 39.5 Å². The van der Waals surface area contributed by atoms with Crippen LogP contribution < -0.4 is 11.1 Å². The van der Waals surface area contributed by atoms with Crippen LogP contribution in [0.4, 0.5) is 0 Å². The highest BCUT2D eigenvalue weighted by Gasteiger charge is 2.16. The Bertz CT molecular complexity index is 427. The van der Waals surface area contributed by atoms with Crippen molar-refractivity contribution in [2.24, 2.45) is 16.6 Å². The third kappa shape index (κ3) is 3.98. The zero-order chi connectivity index (χ0) is 13.7. The molecule has 3 heteroatoms. The van der Waals surface area contributed by atoms with Crippen molar-refractivity contribution >= 4 is 5.96 Å². The van der Waals surface area contributed by atoms with Crippen molar-refractivity contribution in [2.75, 3.05) is 13.1 Å². The number of guanidine groups is 1. The fourth-order valence-electron chi connectivity index (χ4n) is 2.52. The van der Waals surface area contributed by atoms with Crippen LogP contribution in [-0.2, 0) is 6.42 Å². The van der Waals surface area contributed by atoms with E-state index in [9.17, 15) is 0 Å². The second kappa shape index (κ2) is 6.60. The normalized spacial score (nSPS) is 16.2. The first-order valence-electron chi connectivity index (χ1n) is 7.25. The van der Waals surface area contributed by atoms with E-state index in [4.69, 9.17) is 5.73 Å². The molecule has 1 aromatic carbocycles. The second-order valence-corrected chi connectivity index (χ2v) is 5.57. The van der Waals surface area contributed by atoms with E-state index in [1.54, 1.807) is 0 Å². The van der Waals surface area contributed by atoms with Gasteiger partial charge in [-0.3, -0.25) is 4.99 Å². The summed E-state index contributed by atoms with van der Waals surface area (Å²) in [5.74, 6) is 1.37. The van der Waals surface area contributed by atoms with Gasteiger partial charge in [-0.1, -0.05) is 24.6 Å². The number of hydrogen-bond acceptors (Lipinski definition) is 1. The Labute approximate surface area is 116 Å². The first kappa shape index (κ1) is 13.9. The summed E-state index contributed by atoms with van der Waals surface area (Å²) in [6.45, 7) is 6.07. The lowest BCUT2D eigenvalue weighted by atomic mass is 9.86. The maximum absolute atomic E-state index is 5.88. The van der Waals surface area contributed by atoms with E-state index in [1.165, 1.54) is 36.0 Å². The Morgan fingerprint density at radius 2 is 2.00 bits per heavy atom. The molecule has 1 aliphatic carbocycles. The lowest BCUT2D eigenvalue weighted by molar-refractivity contribution is 0.326. The summed E-state index contributed by atoms with van der Waals surface area (Å²) >= 11 is 0. The third-order valence-electron chi connectivity index (χ3n) is 4.07. The highest BCUT2D eigenvalue weighted by molar-refractivity contribution is 5.77. The van der Waals surface area contributed by atoms with Crippen molar-refractivity contribution < 1.29 is 0 Å². The first-order valence-corrected chi connectivity index (χ1v) is 7.25. The van der Waals surface area contributed by atoms with E-state index >= 15 is 0 Å². The van der Waals surface area contributed by atoms with Gasteiger partial charge in [0.1, 0.15) is 0 Å². The molecule has 0 aromatic heterocycles. The van der Waals surface area contributed by atoms with Gasteiger partial charge in [0.2, 0.25) is 0 Å². The van der Waals surface area contributed by atoms with Gasteiger partial charge in [-0.2, -0.15) is 0 Å². The van der Waals surface area contributed by atoms with Crippen LogP contribution in [-0.4, -0.2) is 19.0 Å². The molecule has 1 aliphatic rings.